The molecule has 0 aliphatic heterocycles. The van der Waals surface area contributed by atoms with Crippen molar-refractivity contribution in [2.75, 3.05) is 0 Å². The van der Waals surface area contributed by atoms with Gasteiger partial charge in [0.1, 0.15) is 0 Å². The van der Waals surface area contributed by atoms with E-state index in [0.717, 1.165) is 25.2 Å². The summed E-state index contributed by atoms with van der Waals surface area (Å²) in [6.07, 6.45) is 13.6. The molecule has 0 unspecified atom stereocenters. The molecule has 0 aromatic carbocycles. The van der Waals surface area contributed by atoms with E-state index in [1.165, 1.54) is 37.7 Å². The molecule has 3 N–H and O–H groups in total. The lowest BCUT2D eigenvalue weighted by Crippen LogP contribution is -2.55. The maximum Gasteiger partial charge on any atom is 0.335 e. The normalized spacial score (nSPS) is 40.1. The van der Waals surface area contributed by atoms with Crippen LogP contribution in [0.2, 0.25) is 0 Å². The number of hydrogen-bond donors (Lipinski definition) is 2. The summed E-state index contributed by atoms with van der Waals surface area (Å²) in [7, 11) is 0. The van der Waals surface area contributed by atoms with E-state index in [9.17, 15) is 9.59 Å². The Hall–Kier alpha value is -1.88. The van der Waals surface area contributed by atoms with Crippen LogP contribution in [0.1, 0.15) is 90.5 Å². The summed E-state index contributed by atoms with van der Waals surface area (Å²) >= 11 is 0. The number of hydrogen-bond acceptors (Lipinski definition) is 4. The number of amides is 1. The molecule has 1 aromatic heterocycles. The lowest BCUT2D eigenvalue weighted by molar-refractivity contribution is -0.125. The Labute approximate surface area is 203 Å². The van der Waals surface area contributed by atoms with Gasteiger partial charge in [-0.15, -0.1) is 0 Å². The first-order valence-corrected chi connectivity index (χ1v) is 13.5. The topological polar surface area (TPSA) is 85.3 Å². The predicted octanol–water partition coefficient (Wildman–Crippen LogP) is 5.15. The molecular weight excluding hydrogens is 424 g/mol. The Morgan fingerprint density at radius 2 is 1.94 bits per heavy atom. The van der Waals surface area contributed by atoms with E-state index in [-0.39, 0.29) is 28.9 Å². The quantitative estimate of drug-likeness (QED) is 0.601. The van der Waals surface area contributed by atoms with Crippen LogP contribution in [0.5, 0.6) is 0 Å². The molecule has 0 spiro atoms. The lowest BCUT2D eigenvalue weighted by atomic mass is 9.45. The summed E-state index contributed by atoms with van der Waals surface area (Å²) < 4.78 is 5.24. The van der Waals surface area contributed by atoms with Crippen molar-refractivity contribution in [3.63, 3.8) is 0 Å². The Morgan fingerprint density at radius 3 is 2.65 bits per heavy atom. The highest BCUT2D eigenvalue weighted by molar-refractivity contribution is 5.82. The zero-order valence-electron chi connectivity index (χ0n) is 21.3. The van der Waals surface area contributed by atoms with Crippen LogP contribution in [0.25, 0.3) is 0 Å². The number of fused-ring (bicyclic) bond motifs is 5. The van der Waals surface area contributed by atoms with Crippen molar-refractivity contribution >= 4 is 5.91 Å². The van der Waals surface area contributed by atoms with Crippen LogP contribution < -0.4 is 16.7 Å². The third-order valence-electron chi connectivity index (χ3n) is 10.6. The monoisotopic (exact) mass is 466 g/mol. The summed E-state index contributed by atoms with van der Waals surface area (Å²) in [5, 5.41) is 3.29. The van der Waals surface area contributed by atoms with Gasteiger partial charge in [0, 0.05) is 12.1 Å². The largest absolute Gasteiger partial charge is 0.431 e. The Morgan fingerprint density at radius 1 is 1.15 bits per heavy atom. The third-order valence-corrected chi connectivity index (χ3v) is 10.6. The van der Waals surface area contributed by atoms with Gasteiger partial charge in [0.2, 0.25) is 5.91 Å². The molecule has 4 aliphatic carbocycles. The van der Waals surface area contributed by atoms with Gasteiger partial charge in [-0.05, 0) is 103 Å². The molecular formula is C29H42N2O3. The summed E-state index contributed by atoms with van der Waals surface area (Å²) in [5.74, 6) is 2.66. The first-order chi connectivity index (χ1) is 16.1. The van der Waals surface area contributed by atoms with Crippen molar-refractivity contribution in [2.45, 2.75) is 97.1 Å². The Bertz CT molecular complexity index is 1010. The van der Waals surface area contributed by atoms with Crippen molar-refractivity contribution in [1.82, 2.24) is 5.32 Å². The Balaban J connectivity index is 1.30. The van der Waals surface area contributed by atoms with Gasteiger partial charge in [-0.25, -0.2) is 4.79 Å². The highest BCUT2D eigenvalue weighted by Gasteiger charge is 2.57. The third kappa shape index (κ3) is 3.79. The second kappa shape index (κ2) is 8.65. The second-order valence-electron chi connectivity index (χ2n) is 12.5. The van der Waals surface area contributed by atoms with Crippen molar-refractivity contribution in [1.29, 1.82) is 0 Å². The number of carbonyl (C=O) groups excluding carboxylic acids is 1. The van der Waals surface area contributed by atoms with Crippen LogP contribution in [-0.2, 0) is 4.79 Å². The summed E-state index contributed by atoms with van der Waals surface area (Å²) in [6, 6.07) is 3.40. The van der Waals surface area contributed by atoms with Gasteiger partial charge in [-0.2, -0.15) is 0 Å². The molecule has 4 aliphatic rings. The molecule has 1 heterocycles. The van der Waals surface area contributed by atoms with E-state index >= 15 is 0 Å². The number of allylic oxidation sites excluding steroid dienone is 2. The van der Waals surface area contributed by atoms with Crippen LogP contribution >= 0.6 is 0 Å². The van der Waals surface area contributed by atoms with Crippen molar-refractivity contribution < 1.29 is 9.21 Å². The minimum Gasteiger partial charge on any atom is -0.431 e. The summed E-state index contributed by atoms with van der Waals surface area (Å²) in [4.78, 5) is 24.1. The van der Waals surface area contributed by atoms with Crippen LogP contribution in [0.4, 0.5) is 0 Å². The fraction of sp³-hybridized carbons (Fsp3) is 0.724. The molecule has 0 saturated heterocycles. The minimum absolute atomic E-state index is 0.0182. The Kier molecular flexibility index (Phi) is 6.07. The van der Waals surface area contributed by atoms with Crippen molar-refractivity contribution in [3.05, 3.63) is 46.0 Å². The van der Waals surface area contributed by atoms with Crippen LogP contribution in [0, 0.1) is 34.5 Å². The molecule has 0 radical (unpaired) electrons. The molecule has 0 bridgehead atoms. The summed E-state index contributed by atoms with van der Waals surface area (Å²) in [5.41, 5.74) is 9.20. The smallest absolute Gasteiger partial charge is 0.335 e. The van der Waals surface area contributed by atoms with E-state index in [4.69, 9.17) is 10.2 Å². The number of nitrogens with one attached hydrogen (secondary N) is 1. The maximum atomic E-state index is 12.6. The molecule has 186 valence electrons. The average molecular weight is 467 g/mol. The fourth-order valence-corrected chi connectivity index (χ4v) is 8.39. The molecule has 3 saturated carbocycles. The van der Waals surface area contributed by atoms with Crippen molar-refractivity contribution in [3.8, 4) is 0 Å². The zero-order chi connectivity index (χ0) is 24.3. The van der Waals surface area contributed by atoms with Gasteiger partial charge in [0.05, 0.1) is 12.3 Å². The van der Waals surface area contributed by atoms with Gasteiger partial charge < -0.3 is 15.5 Å². The predicted molar refractivity (Wildman–Crippen MR) is 134 cm³/mol. The minimum atomic E-state index is -0.417. The number of rotatable bonds is 4. The van der Waals surface area contributed by atoms with E-state index in [1.807, 2.05) is 19.9 Å². The molecule has 34 heavy (non-hydrogen) atoms. The molecule has 5 heteroatoms. The van der Waals surface area contributed by atoms with Gasteiger partial charge in [0.15, 0.2) is 0 Å². The summed E-state index contributed by atoms with van der Waals surface area (Å²) in [6.45, 7) is 9.02. The SMILES string of the molecule is CC(C)[C@@H](N)C(=O)N[C@H]1CC[C@@]2(C)[C@H](CC[C@H]3C4=CC[C@H](c5ccc(=O)oc5)[C@@]4(C)CC[C@@H]32)C1. The van der Waals surface area contributed by atoms with Gasteiger partial charge >= 0.3 is 5.63 Å². The van der Waals surface area contributed by atoms with Crippen LogP contribution in [-0.4, -0.2) is 18.0 Å². The first kappa shape index (κ1) is 23.8. The van der Waals surface area contributed by atoms with Crippen molar-refractivity contribution in [2.24, 2.45) is 40.2 Å². The maximum absolute atomic E-state index is 12.6. The van der Waals surface area contributed by atoms with Gasteiger partial charge in [-0.1, -0.05) is 39.3 Å². The number of carbonyl (C=O) groups is 1. The highest BCUT2D eigenvalue weighted by atomic mass is 16.4. The standard InChI is InChI=1S/C29H42N2O3/c1-17(2)26(30)27(33)31-20-11-13-28(3)19(15-20)6-7-21-23-9-8-22(18-5-10-25(32)34-16-18)29(23,4)14-12-24(21)28/h5,9-10,16-17,19-22,24,26H,6-8,11-15,30H2,1-4H3,(H,31,33)/t19-,20+,21+,22-,24+,26-,28+,29-/m1/s1. The van der Waals surface area contributed by atoms with Gasteiger partial charge in [-0.3, -0.25) is 4.79 Å². The second-order valence-corrected chi connectivity index (χ2v) is 12.5. The van der Waals surface area contributed by atoms with E-state index in [1.54, 1.807) is 17.9 Å². The van der Waals surface area contributed by atoms with E-state index in [2.05, 4.69) is 25.2 Å². The molecule has 3 fully saturated rings. The van der Waals surface area contributed by atoms with Crippen LogP contribution in [0.15, 0.2) is 39.3 Å². The van der Waals surface area contributed by atoms with E-state index in [0.29, 0.717) is 23.2 Å². The molecule has 5 rings (SSSR count). The molecule has 5 nitrogen and oxygen atoms in total. The first-order valence-electron chi connectivity index (χ1n) is 13.5. The van der Waals surface area contributed by atoms with Gasteiger partial charge in [0.25, 0.3) is 0 Å². The fourth-order valence-electron chi connectivity index (χ4n) is 8.39. The van der Waals surface area contributed by atoms with E-state index < -0.39 is 6.04 Å². The molecule has 1 aromatic rings. The molecule has 8 atom stereocenters. The molecule has 1 amide bonds. The van der Waals surface area contributed by atoms with Crippen LogP contribution in [0.3, 0.4) is 0 Å². The average Bonchev–Trinajstić information content (AvgIpc) is 3.16. The zero-order valence-corrected chi connectivity index (χ0v) is 21.3. The lowest BCUT2D eigenvalue weighted by Gasteiger charge is -2.60. The number of nitrogens with two attached hydrogens (primary N) is 1. The highest BCUT2D eigenvalue weighted by Crippen LogP contribution is 2.67.